The van der Waals surface area contributed by atoms with E-state index < -0.39 is 0 Å². The lowest BCUT2D eigenvalue weighted by Crippen LogP contribution is -2.38. The maximum absolute atomic E-state index is 13.6. The van der Waals surface area contributed by atoms with Gasteiger partial charge in [0.1, 0.15) is 11.6 Å². The highest BCUT2D eigenvalue weighted by Gasteiger charge is 2.12. The standard InChI is InChI=1S/C16H19FN2OS/c1-20-15-8-4-2-6-12(15)10-13(19-18)11-21-16-9-5-3-7-14(16)17/h2-9,13,19H,10-11,18H2,1H3. The first kappa shape index (κ1) is 15.8. The molecule has 2 rings (SSSR count). The number of rotatable bonds is 7. The molecule has 0 aromatic heterocycles. The predicted molar refractivity (Wildman–Crippen MR) is 84.9 cm³/mol. The smallest absolute Gasteiger partial charge is 0.136 e. The Morgan fingerprint density at radius 1 is 1.19 bits per heavy atom. The van der Waals surface area contributed by atoms with Gasteiger partial charge < -0.3 is 4.74 Å². The van der Waals surface area contributed by atoms with Crippen LogP contribution in [0.3, 0.4) is 0 Å². The summed E-state index contributed by atoms with van der Waals surface area (Å²) in [4.78, 5) is 0.637. The van der Waals surface area contributed by atoms with Crippen molar-refractivity contribution in [1.82, 2.24) is 5.43 Å². The summed E-state index contributed by atoms with van der Waals surface area (Å²) in [5, 5.41) is 0. The fourth-order valence-electron chi connectivity index (χ4n) is 2.06. The van der Waals surface area contributed by atoms with E-state index in [4.69, 9.17) is 10.6 Å². The molecular weight excluding hydrogens is 287 g/mol. The van der Waals surface area contributed by atoms with Crippen LogP contribution < -0.4 is 16.0 Å². The summed E-state index contributed by atoms with van der Waals surface area (Å²) < 4.78 is 18.9. The number of hydrogen-bond acceptors (Lipinski definition) is 4. The van der Waals surface area contributed by atoms with Crippen molar-refractivity contribution < 1.29 is 9.13 Å². The second-order valence-corrected chi connectivity index (χ2v) is 5.68. The molecule has 3 N–H and O–H groups in total. The minimum Gasteiger partial charge on any atom is -0.496 e. The van der Waals surface area contributed by atoms with Gasteiger partial charge in [-0.1, -0.05) is 30.3 Å². The molecule has 1 atom stereocenters. The van der Waals surface area contributed by atoms with Crippen LogP contribution in [0.4, 0.5) is 4.39 Å². The van der Waals surface area contributed by atoms with Crippen LogP contribution in [-0.4, -0.2) is 18.9 Å². The highest BCUT2D eigenvalue weighted by Crippen LogP contribution is 2.24. The van der Waals surface area contributed by atoms with Crippen LogP contribution in [0.2, 0.25) is 0 Å². The van der Waals surface area contributed by atoms with Crippen LogP contribution in [0.25, 0.3) is 0 Å². The van der Waals surface area contributed by atoms with Crippen molar-refractivity contribution in [2.24, 2.45) is 5.84 Å². The van der Waals surface area contributed by atoms with E-state index in [9.17, 15) is 4.39 Å². The molecule has 0 heterocycles. The van der Waals surface area contributed by atoms with Crippen LogP contribution in [-0.2, 0) is 6.42 Å². The Morgan fingerprint density at radius 2 is 1.90 bits per heavy atom. The summed E-state index contributed by atoms with van der Waals surface area (Å²) in [7, 11) is 1.65. The van der Waals surface area contributed by atoms with Crippen molar-refractivity contribution in [2.45, 2.75) is 17.4 Å². The first-order chi connectivity index (χ1) is 10.2. The van der Waals surface area contributed by atoms with Gasteiger partial charge in [0.05, 0.1) is 7.11 Å². The first-order valence-corrected chi connectivity index (χ1v) is 7.68. The van der Waals surface area contributed by atoms with E-state index in [2.05, 4.69) is 5.43 Å². The highest BCUT2D eigenvalue weighted by atomic mass is 32.2. The fraction of sp³-hybridized carbons (Fsp3) is 0.250. The van der Waals surface area contributed by atoms with Gasteiger partial charge in [-0.15, -0.1) is 11.8 Å². The molecule has 0 amide bonds. The van der Waals surface area contributed by atoms with Crippen molar-refractivity contribution in [3.05, 3.63) is 59.9 Å². The molecule has 0 saturated carbocycles. The zero-order valence-electron chi connectivity index (χ0n) is 11.9. The molecule has 0 saturated heterocycles. The van der Waals surface area contributed by atoms with E-state index in [0.29, 0.717) is 10.6 Å². The van der Waals surface area contributed by atoms with Crippen molar-refractivity contribution in [3.63, 3.8) is 0 Å². The van der Waals surface area contributed by atoms with Gasteiger partial charge in [-0.3, -0.25) is 11.3 Å². The third-order valence-corrected chi connectivity index (χ3v) is 4.38. The van der Waals surface area contributed by atoms with Gasteiger partial charge in [0.15, 0.2) is 0 Å². The number of benzene rings is 2. The molecule has 0 spiro atoms. The SMILES string of the molecule is COc1ccccc1CC(CSc1ccccc1F)NN. The molecule has 0 aliphatic heterocycles. The molecule has 5 heteroatoms. The Morgan fingerprint density at radius 3 is 2.62 bits per heavy atom. The lowest BCUT2D eigenvalue weighted by Gasteiger charge is -2.17. The van der Waals surface area contributed by atoms with E-state index in [1.54, 1.807) is 19.2 Å². The second-order valence-electron chi connectivity index (χ2n) is 4.62. The van der Waals surface area contributed by atoms with Crippen molar-refractivity contribution in [1.29, 1.82) is 0 Å². The summed E-state index contributed by atoms with van der Waals surface area (Å²) in [5.74, 6) is 6.94. The quantitative estimate of drug-likeness (QED) is 0.469. The molecule has 0 radical (unpaired) electrons. The zero-order chi connectivity index (χ0) is 15.1. The van der Waals surface area contributed by atoms with Gasteiger partial charge in [0.2, 0.25) is 0 Å². The average molecular weight is 306 g/mol. The van der Waals surface area contributed by atoms with E-state index >= 15 is 0 Å². The maximum Gasteiger partial charge on any atom is 0.136 e. The first-order valence-electron chi connectivity index (χ1n) is 6.70. The lowest BCUT2D eigenvalue weighted by molar-refractivity contribution is 0.406. The largest absolute Gasteiger partial charge is 0.496 e. The summed E-state index contributed by atoms with van der Waals surface area (Å²) in [5.41, 5.74) is 3.87. The second kappa shape index (κ2) is 8.02. The van der Waals surface area contributed by atoms with Gasteiger partial charge in [0, 0.05) is 16.7 Å². The third kappa shape index (κ3) is 4.46. The summed E-state index contributed by atoms with van der Waals surface area (Å²) in [6.45, 7) is 0. The van der Waals surface area contributed by atoms with Crippen molar-refractivity contribution in [3.8, 4) is 5.75 Å². The molecule has 0 aliphatic carbocycles. The molecule has 0 fully saturated rings. The summed E-state index contributed by atoms with van der Waals surface area (Å²) >= 11 is 1.45. The molecule has 3 nitrogen and oxygen atoms in total. The van der Waals surface area contributed by atoms with Gasteiger partial charge >= 0.3 is 0 Å². The Balaban J connectivity index is 1.99. The fourth-order valence-corrected chi connectivity index (χ4v) is 3.03. The summed E-state index contributed by atoms with van der Waals surface area (Å²) in [6, 6.07) is 14.6. The normalized spacial score (nSPS) is 12.1. The molecule has 1 unspecified atom stereocenters. The molecule has 2 aromatic carbocycles. The molecule has 0 bridgehead atoms. The highest BCUT2D eigenvalue weighted by molar-refractivity contribution is 7.99. The number of hydrazine groups is 1. The Hall–Kier alpha value is -1.56. The minimum absolute atomic E-state index is 0.0332. The van der Waals surface area contributed by atoms with Gasteiger partial charge in [-0.25, -0.2) is 4.39 Å². The van der Waals surface area contributed by atoms with Crippen molar-refractivity contribution in [2.75, 3.05) is 12.9 Å². The van der Waals surface area contributed by atoms with E-state index in [1.165, 1.54) is 17.8 Å². The number of methoxy groups -OCH3 is 1. The van der Waals surface area contributed by atoms with Crippen LogP contribution >= 0.6 is 11.8 Å². The number of ether oxygens (including phenoxy) is 1. The van der Waals surface area contributed by atoms with Crippen LogP contribution in [0, 0.1) is 5.82 Å². The number of hydrogen-bond donors (Lipinski definition) is 2. The van der Waals surface area contributed by atoms with E-state index in [1.807, 2.05) is 30.3 Å². The zero-order valence-corrected chi connectivity index (χ0v) is 12.7. The Kier molecular flexibility index (Phi) is 6.04. The van der Waals surface area contributed by atoms with Crippen LogP contribution in [0.1, 0.15) is 5.56 Å². The molecule has 112 valence electrons. The van der Waals surface area contributed by atoms with E-state index in [-0.39, 0.29) is 11.9 Å². The molecule has 2 aromatic rings. The number of halogens is 1. The Labute approximate surface area is 128 Å². The van der Waals surface area contributed by atoms with E-state index in [0.717, 1.165) is 17.7 Å². The number of nitrogens with two attached hydrogens (primary N) is 1. The molecule has 21 heavy (non-hydrogen) atoms. The lowest BCUT2D eigenvalue weighted by atomic mass is 10.1. The molecule has 0 aliphatic rings. The van der Waals surface area contributed by atoms with Gasteiger partial charge in [-0.2, -0.15) is 0 Å². The summed E-state index contributed by atoms with van der Waals surface area (Å²) in [6.07, 6.45) is 0.724. The van der Waals surface area contributed by atoms with Crippen molar-refractivity contribution >= 4 is 11.8 Å². The topological polar surface area (TPSA) is 47.3 Å². The third-order valence-electron chi connectivity index (χ3n) is 3.17. The molecular formula is C16H19FN2OS. The number of nitrogens with one attached hydrogen (secondary N) is 1. The van der Waals surface area contributed by atoms with Crippen LogP contribution in [0.5, 0.6) is 5.75 Å². The minimum atomic E-state index is -0.199. The van der Waals surface area contributed by atoms with Crippen LogP contribution in [0.15, 0.2) is 53.4 Å². The predicted octanol–water partition coefficient (Wildman–Crippen LogP) is 3.00. The van der Waals surface area contributed by atoms with Gasteiger partial charge in [0.25, 0.3) is 0 Å². The monoisotopic (exact) mass is 306 g/mol. The van der Waals surface area contributed by atoms with Gasteiger partial charge in [-0.05, 0) is 30.2 Å². The number of thioether (sulfide) groups is 1. The number of para-hydroxylation sites is 1. The maximum atomic E-state index is 13.6. The Bertz CT molecular complexity index is 580. The average Bonchev–Trinajstić information content (AvgIpc) is 2.53.